The minimum atomic E-state index is 0.318. The molecule has 0 fully saturated rings. The van der Waals surface area contributed by atoms with Crippen molar-refractivity contribution < 1.29 is 0 Å². The number of pyridine rings is 1. The first-order chi connectivity index (χ1) is 8.25. The Hall–Kier alpha value is -1.39. The SMILES string of the molecule is Clc1cc(NCCc2cccnc2)c(Cl)nn1. The van der Waals surface area contributed by atoms with Gasteiger partial charge in [0.2, 0.25) is 0 Å². The summed E-state index contributed by atoms with van der Waals surface area (Å²) in [6.07, 6.45) is 4.44. The van der Waals surface area contributed by atoms with E-state index in [0.717, 1.165) is 18.5 Å². The van der Waals surface area contributed by atoms with E-state index in [1.165, 1.54) is 0 Å². The first kappa shape index (κ1) is 12.1. The summed E-state index contributed by atoms with van der Waals surface area (Å²) in [5.41, 5.74) is 1.85. The number of hydrogen-bond acceptors (Lipinski definition) is 4. The molecule has 0 spiro atoms. The van der Waals surface area contributed by atoms with Crippen LogP contribution in [0.4, 0.5) is 5.69 Å². The zero-order valence-corrected chi connectivity index (χ0v) is 10.4. The summed E-state index contributed by atoms with van der Waals surface area (Å²) < 4.78 is 0. The Kier molecular flexibility index (Phi) is 4.12. The zero-order valence-electron chi connectivity index (χ0n) is 8.90. The molecular weight excluding hydrogens is 259 g/mol. The Bertz CT molecular complexity index is 490. The molecule has 17 heavy (non-hydrogen) atoms. The van der Waals surface area contributed by atoms with E-state index in [4.69, 9.17) is 23.2 Å². The predicted octanol–water partition coefficient (Wildman–Crippen LogP) is 2.83. The fourth-order valence-electron chi connectivity index (χ4n) is 1.36. The van der Waals surface area contributed by atoms with E-state index in [1.54, 1.807) is 12.3 Å². The van der Waals surface area contributed by atoms with Crippen molar-refractivity contribution in [3.63, 3.8) is 0 Å². The van der Waals surface area contributed by atoms with Gasteiger partial charge < -0.3 is 5.32 Å². The van der Waals surface area contributed by atoms with Crippen LogP contribution in [-0.2, 0) is 6.42 Å². The molecule has 2 aromatic rings. The van der Waals surface area contributed by atoms with E-state index < -0.39 is 0 Å². The topological polar surface area (TPSA) is 50.7 Å². The number of nitrogens with one attached hydrogen (secondary N) is 1. The van der Waals surface area contributed by atoms with E-state index in [2.05, 4.69) is 20.5 Å². The molecular formula is C11H10Cl2N4. The van der Waals surface area contributed by atoms with Crippen LogP contribution in [0.5, 0.6) is 0 Å². The van der Waals surface area contributed by atoms with Crippen LogP contribution >= 0.6 is 23.2 Å². The molecule has 0 aromatic carbocycles. The molecule has 0 saturated carbocycles. The molecule has 0 atom stereocenters. The van der Waals surface area contributed by atoms with Crippen LogP contribution in [0.2, 0.25) is 10.3 Å². The number of nitrogens with zero attached hydrogens (tertiary/aromatic N) is 3. The lowest BCUT2D eigenvalue weighted by Gasteiger charge is -2.07. The number of hydrogen-bond donors (Lipinski definition) is 1. The second-order valence-corrected chi connectivity index (χ2v) is 4.15. The first-order valence-corrected chi connectivity index (χ1v) is 5.83. The van der Waals surface area contributed by atoms with Crippen molar-refractivity contribution >= 4 is 28.9 Å². The van der Waals surface area contributed by atoms with Crippen molar-refractivity contribution in [3.8, 4) is 0 Å². The Labute approximate surface area is 109 Å². The standard InChI is InChI=1S/C11H10Cl2N4/c12-10-6-9(11(13)17-16-10)15-5-3-8-2-1-4-14-7-8/h1-2,4,6-7H,3,5H2,(H,15,16). The lowest BCUT2D eigenvalue weighted by Crippen LogP contribution is -2.06. The minimum Gasteiger partial charge on any atom is -0.382 e. The molecule has 2 aromatic heterocycles. The molecule has 4 nitrogen and oxygen atoms in total. The van der Waals surface area contributed by atoms with Gasteiger partial charge in [-0.25, -0.2) is 0 Å². The Morgan fingerprint density at radius 1 is 1.24 bits per heavy atom. The molecule has 0 unspecified atom stereocenters. The molecule has 0 aliphatic heterocycles. The molecule has 0 aliphatic rings. The van der Waals surface area contributed by atoms with Gasteiger partial charge in [-0.05, 0) is 18.1 Å². The van der Waals surface area contributed by atoms with Gasteiger partial charge in [-0.3, -0.25) is 4.98 Å². The van der Waals surface area contributed by atoms with E-state index in [0.29, 0.717) is 16.0 Å². The third-order valence-electron chi connectivity index (χ3n) is 2.17. The molecule has 88 valence electrons. The normalized spacial score (nSPS) is 10.2. The maximum atomic E-state index is 5.87. The smallest absolute Gasteiger partial charge is 0.174 e. The lowest BCUT2D eigenvalue weighted by atomic mass is 10.2. The van der Waals surface area contributed by atoms with Crippen LogP contribution in [0.15, 0.2) is 30.6 Å². The highest BCUT2D eigenvalue weighted by Crippen LogP contribution is 2.20. The number of aromatic nitrogens is 3. The fourth-order valence-corrected chi connectivity index (χ4v) is 1.67. The average Bonchev–Trinajstić information content (AvgIpc) is 2.35. The summed E-state index contributed by atoms with van der Waals surface area (Å²) in [5.74, 6) is 0. The Morgan fingerprint density at radius 2 is 2.12 bits per heavy atom. The molecule has 0 amide bonds. The largest absolute Gasteiger partial charge is 0.382 e. The van der Waals surface area contributed by atoms with Gasteiger partial charge in [-0.2, -0.15) is 0 Å². The Balaban J connectivity index is 1.92. The second-order valence-electron chi connectivity index (χ2n) is 3.41. The molecule has 2 heterocycles. The van der Waals surface area contributed by atoms with E-state index in [-0.39, 0.29) is 0 Å². The van der Waals surface area contributed by atoms with Crippen molar-refractivity contribution in [2.24, 2.45) is 0 Å². The van der Waals surface area contributed by atoms with Crippen molar-refractivity contribution in [2.45, 2.75) is 6.42 Å². The van der Waals surface area contributed by atoms with Crippen molar-refractivity contribution in [1.29, 1.82) is 0 Å². The van der Waals surface area contributed by atoms with E-state index >= 15 is 0 Å². The van der Waals surface area contributed by atoms with E-state index in [9.17, 15) is 0 Å². The number of halogens is 2. The highest BCUT2D eigenvalue weighted by molar-refractivity contribution is 6.33. The highest BCUT2D eigenvalue weighted by atomic mass is 35.5. The summed E-state index contributed by atoms with van der Waals surface area (Å²) in [6.45, 7) is 0.730. The summed E-state index contributed by atoms with van der Waals surface area (Å²) in [6, 6.07) is 5.58. The highest BCUT2D eigenvalue weighted by Gasteiger charge is 2.03. The minimum absolute atomic E-state index is 0.318. The predicted molar refractivity (Wildman–Crippen MR) is 68.5 cm³/mol. The summed E-state index contributed by atoms with van der Waals surface area (Å²) in [4.78, 5) is 4.04. The molecule has 2 rings (SSSR count). The third-order valence-corrected chi connectivity index (χ3v) is 2.63. The van der Waals surface area contributed by atoms with Crippen LogP contribution in [0, 0.1) is 0 Å². The van der Waals surface area contributed by atoms with Gasteiger partial charge in [-0.15, -0.1) is 10.2 Å². The van der Waals surface area contributed by atoms with Crippen LogP contribution in [0.3, 0.4) is 0 Å². The summed E-state index contributed by atoms with van der Waals surface area (Å²) >= 11 is 11.6. The zero-order chi connectivity index (χ0) is 12.1. The van der Waals surface area contributed by atoms with Gasteiger partial charge in [0.1, 0.15) is 0 Å². The van der Waals surface area contributed by atoms with Crippen molar-refractivity contribution in [1.82, 2.24) is 15.2 Å². The van der Waals surface area contributed by atoms with Gasteiger partial charge >= 0.3 is 0 Å². The Morgan fingerprint density at radius 3 is 2.88 bits per heavy atom. The molecule has 0 radical (unpaired) electrons. The lowest BCUT2D eigenvalue weighted by molar-refractivity contribution is 0.985. The van der Waals surface area contributed by atoms with Gasteiger partial charge in [0.15, 0.2) is 10.3 Å². The molecule has 0 saturated heterocycles. The maximum Gasteiger partial charge on any atom is 0.174 e. The number of rotatable bonds is 4. The van der Waals surface area contributed by atoms with Gasteiger partial charge in [0.25, 0.3) is 0 Å². The summed E-state index contributed by atoms with van der Waals surface area (Å²) in [5, 5.41) is 11.1. The van der Waals surface area contributed by atoms with Gasteiger partial charge in [0.05, 0.1) is 5.69 Å². The van der Waals surface area contributed by atoms with Crippen LogP contribution in [0.25, 0.3) is 0 Å². The molecule has 0 bridgehead atoms. The molecule has 0 aliphatic carbocycles. The monoisotopic (exact) mass is 268 g/mol. The fraction of sp³-hybridized carbons (Fsp3) is 0.182. The molecule has 1 N–H and O–H groups in total. The number of anilines is 1. The third kappa shape index (κ3) is 3.54. The van der Waals surface area contributed by atoms with Crippen LogP contribution in [0.1, 0.15) is 5.56 Å². The quantitative estimate of drug-likeness (QED) is 0.927. The van der Waals surface area contributed by atoms with E-state index in [1.807, 2.05) is 18.3 Å². The first-order valence-electron chi connectivity index (χ1n) is 5.07. The van der Waals surface area contributed by atoms with Crippen LogP contribution in [-0.4, -0.2) is 21.7 Å². The molecule has 6 heteroatoms. The average molecular weight is 269 g/mol. The van der Waals surface area contributed by atoms with Crippen LogP contribution < -0.4 is 5.32 Å². The van der Waals surface area contributed by atoms with Gasteiger partial charge in [0, 0.05) is 25.0 Å². The summed E-state index contributed by atoms with van der Waals surface area (Å²) in [7, 11) is 0. The van der Waals surface area contributed by atoms with Crippen molar-refractivity contribution in [3.05, 3.63) is 46.5 Å². The van der Waals surface area contributed by atoms with Gasteiger partial charge in [-0.1, -0.05) is 29.3 Å². The second kappa shape index (κ2) is 5.80. The maximum absolute atomic E-state index is 5.87. The van der Waals surface area contributed by atoms with Crippen molar-refractivity contribution in [2.75, 3.05) is 11.9 Å².